The van der Waals surface area contributed by atoms with Crippen molar-refractivity contribution in [2.24, 2.45) is 11.7 Å². The number of nitrogens with one attached hydrogen (secondary N) is 1. The van der Waals surface area contributed by atoms with Gasteiger partial charge in [0.1, 0.15) is 6.29 Å². The molecule has 0 aromatic rings. The summed E-state index contributed by atoms with van der Waals surface area (Å²) in [6.45, 7) is -0.00841. The van der Waals surface area contributed by atoms with Crippen LogP contribution in [0.5, 0.6) is 0 Å². The minimum Gasteiger partial charge on any atom is -0.348 e. The van der Waals surface area contributed by atoms with E-state index in [0.717, 1.165) is 6.42 Å². The molecule has 2 atom stereocenters. The van der Waals surface area contributed by atoms with Crippen LogP contribution in [0.3, 0.4) is 0 Å². The Morgan fingerprint density at radius 3 is 3.00 bits per heavy atom. The highest BCUT2D eigenvalue weighted by Gasteiger charge is 2.20. The minimum absolute atomic E-state index is 0.00841. The van der Waals surface area contributed by atoms with E-state index >= 15 is 0 Å². The van der Waals surface area contributed by atoms with Gasteiger partial charge < -0.3 is 15.8 Å². The zero-order chi connectivity index (χ0) is 12.0. The summed E-state index contributed by atoms with van der Waals surface area (Å²) in [6.07, 6.45) is 5.73. The Hall–Kier alpha value is -1.49. The Morgan fingerprint density at radius 2 is 2.44 bits per heavy atom. The number of carbonyl (C=O) groups excluding carboxylic acids is 3. The topological polar surface area (TPSA) is 89.3 Å². The molecule has 0 aromatic carbocycles. The van der Waals surface area contributed by atoms with Gasteiger partial charge in [-0.1, -0.05) is 6.08 Å². The minimum atomic E-state index is -0.622. The highest BCUT2D eigenvalue weighted by molar-refractivity contribution is 5.90. The molecule has 1 amide bonds. The summed E-state index contributed by atoms with van der Waals surface area (Å²) < 4.78 is 0. The molecule has 1 aliphatic carbocycles. The van der Waals surface area contributed by atoms with E-state index < -0.39 is 6.04 Å². The summed E-state index contributed by atoms with van der Waals surface area (Å²) in [5.74, 6) is -0.0256. The van der Waals surface area contributed by atoms with Crippen LogP contribution in [0.1, 0.15) is 19.3 Å². The standard InChI is InChI=1S/C11H16N2O3/c12-10(11(16)13-5-6-14)7-8-1-3-9(15)4-2-8/h1,3,6,8,10H,2,4-5,7,12H2,(H,13,16). The van der Waals surface area contributed by atoms with Crippen molar-refractivity contribution in [1.82, 2.24) is 5.32 Å². The monoisotopic (exact) mass is 224 g/mol. The Morgan fingerprint density at radius 1 is 1.69 bits per heavy atom. The average molecular weight is 224 g/mol. The second-order valence-corrected chi connectivity index (χ2v) is 3.88. The van der Waals surface area contributed by atoms with E-state index in [2.05, 4.69) is 5.32 Å². The van der Waals surface area contributed by atoms with Crippen LogP contribution in [0.2, 0.25) is 0 Å². The fraction of sp³-hybridized carbons (Fsp3) is 0.545. The summed E-state index contributed by atoms with van der Waals surface area (Å²) in [4.78, 5) is 32.3. The molecule has 0 spiro atoms. The van der Waals surface area contributed by atoms with Crippen molar-refractivity contribution in [3.8, 4) is 0 Å². The lowest BCUT2D eigenvalue weighted by Crippen LogP contribution is -2.42. The molecule has 1 aliphatic rings. The number of carbonyl (C=O) groups is 3. The molecule has 16 heavy (non-hydrogen) atoms. The lowest BCUT2D eigenvalue weighted by atomic mass is 9.89. The van der Waals surface area contributed by atoms with Crippen LogP contribution in [0.4, 0.5) is 0 Å². The van der Waals surface area contributed by atoms with Gasteiger partial charge in [-0.05, 0) is 24.8 Å². The van der Waals surface area contributed by atoms with Gasteiger partial charge in [0.2, 0.25) is 5.91 Å². The summed E-state index contributed by atoms with van der Waals surface area (Å²) in [7, 11) is 0. The Labute approximate surface area is 94.1 Å². The number of amides is 1. The van der Waals surface area contributed by atoms with Gasteiger partial charge in [0.05, 0.1) is 12.6 Å². The van der Waals surface area contributed by atoms with Gasteiger partial charge in [-0.2, -0.15) is 0 Å². The molecule has 0 aromatic heterocycles. The molecule has 5 nitrogen and oxygen atoms in total. The predicted molar refractivity (Wildman–Crippen MR) is 58.5 cm³/mol. The maximum absolute atomic E-state index is 11.4. The van der Waals surface area contributed by atoms with Crippen LogP contribution in [0.25, 0.3) is 0 Å². The molecular weight excluding hydrogens is 208 g/mol. The van der Waals surface area contributed by atoms with Crippen LogP contribution < -0.4 is 11.1 Å². The predicted octanol–water partition coefficient (Wildman–Crippen LogP) is -0.446. The number of allylic oxidation sites excluding steroid dienone is 2. The Bertz CT molecular complexity index is 312. The third-order valence-electron chi connectivity index (χ3n) is 2.57. The van der Waals surface area contributed by atoms with E-state index in [1.54, 1.807) is 12.2 Å². The number of aldehydes is 1. The molecule has 88 valence electrons. The fourth-order valence-electron chi connectivity index (χ4n) is 1.65. The molecule has 0 fully saturated rings. The largest absolute Gasteiger partial charge is 0.348 e. The summed E-state index contributed by atoms with van der Waals surface area (Å²) in [5, 5.41) is 2.41. The first kappa shape index (κ1) is 12.6. The zero-order valence-electron chi connectivity index (χ0n) is 9.02. The van der Waals surface area contributed by atoms with E-state index in [1.165, 1.54) is 0 Å². The number of nitrogens with two attached hydrogens (primary N) is 1. The quantitative estimate of drug-likeness (QED) is 0.619. The first-order valence-electron chi connectivity index (χ1n) is 5.31. The Kier molecular flexibility index (Phi) is 4.85. The molecular formula is C11H16N2O3. The number of rotatable bonds is 5. The van der Waals surface area contributed by atoms with Crippen LogP contribution in [0.15, 0.2) is 12.2 Å². The molecule has 0 saturated carbocycles. The van der Waals surface area contributed by atoms with Gasteiger partial charge in [-0.15, -0.1) is 0 Å². The molecule has 0 saturated heterocycles. The second-order valence-electron chi connectivity index (χ2n) is 3.88. The smallest absolute Gasteiger partial charge is 0.237 e. The van der Waals surface area contributed by atoms with E-state index in [9.17, 15) is 14.4 Å². The fourth-order valence-corrected chi connectivity index (χ4v) is 1.65. The molecule has 0 bridgehead atoms. The van der Waals surface area contributed by atoms with Crippen molar-refractivity contribution in [1.29, 1.82) is 0 Å². The molecule has 0 heterocycles. The number of hydrogen-bond donors (Lipinski definition) is 2. The molecule has 5 heteroatoms. The summed E-state index contributed by atoms with van der Waals surface area (Å²) in [5.41, 5.74) is 5.68. The van der Waals surface area contributed by atoms with Crippen LogP contribution in [0, 0.1) is 5.92 Å². The molecule has 1 rings (SSSR count). The van der Waals surface area contributed by atoms with Crippen molar-refractivity contribution in [3.05, 3.63) is 12.2 Å². The van der Waals surface area contributed by atoms with Crippen LogP contribution >= 0.6 is 0 Å². The van der Waals surface area contributed by atoms with Crippen molar-refractivity contribution in [3.63, 3.8) is 0 Å². The van der Waals surface area contributed by atoms with Gasteiger partial charge in [0, 0.05) is 6.42 Å². The average Bonchev–Trinajstić information content (AvgIpc) is 2.29. The third-order valence-corrected chi connectivity index (χ3v) is 2.57. The normalized spacial score (nSPS) is 21.6. The molecule has 0 radical (unpaired) electrons. The molecule has 2 unspecified atom stereocenters. The highest BCUT2D eigenvalue weighted by Crippen LogP contribution is 2.19. The summed E-state index contributed by atoms with van der Waals surface area (Å²) in [6, 6.07) is -0.622. The maximum Gasteiger partial charge on any atom is 0.237 e. The SMILES string of the molecule is NC(CC1C=CC(=O)CC1)C(=O)NCC=O. The highest BCUT2D eigenvalue weighted by atomic mass is 16.2. The lowest BCUT2D eigenvalue weighted by molar-refractivity contribution is -0.123. The van der Waals surface area contributed by atoms with E-state index in [0.29, 0.717) is 19.1 Å². The third kappa shape index (κ3) is 3.94. The van der Waals surface area contributed by atoms with Crippen molar-refractivity contribution in [2.75, 3.05) is 6.54 Å². The van der Waals surface area contributed by atoms with Crippen LogP contribution in [-0.2, 0) is 14.4 Å². The number of hydrogen-bond acceptors (Lipinski definition) is 4. The zero-order valence-corrected chi connectivity index (χ0v) is 9.02. The first-order chi connectivity index (χ1) is 7.63. The number of ketones is 1. The van der Waals surface area contributed by atoms with Gasteiger partial charge in [-0.3, -0.25) is 9.59 Å². The van der Waals surface area contributed by atoms with Crippen molar-refractivity contribution in [2.45, 2.75) is 25.3 Å². The van der Waals surface area contributed by atoms with Gasteiger partial charge in [-0.25, -0.2) is 0 Å². The van der Waals surface area contributed by atoms with Gasteiger partial charge in [0.15, 0.2) is 5.78 Å². The summed E-state index contributed by atoms with van der Waals surface area (Å²) >= 11 is 0. The molecule has 3 N–H and O–H groups in total. The van der Waals surface area contributed by atoms with Crippen molar-refractivity contribution >= 4 is 18.0 Å². The Balaban J connectivity index is 2.36. The van der Waals surface area contributed by atoms with Crippen molar-refractivity contribution < 1.29 is 14.4 Å². The maximum atomic E-state index is 11.4. The van der Waals surface area contributed by atoms with E-state index in [4.69, 9.17) is 5.73 Å². The molecule has 0 aliphatic heterocycles. The van der Waals surface area contributed by atoms with Gasteiger partial charge in [0.25, 0.3) is 0 Å². The van der Waals surface area contributed by atoms with Gasteiger partial charge >= 0.3 is 0 Å². The lowest BCUT2D eigenvalue weighted by Gasteiger charge is -2.19. The first-order valence-corrected chi connectivity index (χ1v) is 5.31. The van der Waals surface area contributed by atoms with Crippen LogP contribution in [-0.4, -0.2) is 30.6 Å². The second kappa shape index (κ2) is 6.17. The van der Waals surface area contributed by atoms with E-state index in [1.807, 2.05) is 0 Å². The van der Waals surface area contributed by atoms with E-state index in [-0.39, 0.29) is 24.2 Å².